The Labute approximate surface area is 124 Å². The Kier molecular flexibility index (Phi) is 5.56. The second-order valence-electron chi connectivity index (χ2n) is 4.79. The van der Waals surface area contributed by atoms with Crippen LogP contribution in [0.25, 0.3) is 11.4 Å². The van der Waals surface area contributed by atoms with Crippen molar-refractivity contribution in [3.05, 3.63) is 35.2 Å². The zero-order valence-corrected chi connectivity index (χ0v) is 12.7. The maximum atomic E-state index is 5.97. The average Bonchev–Trinajstić information content (AvgIpc) is 2.92. The number of hydrogen-bond donors (Lipinski definition) is 1. The van der Waals surface area contributed by atoms with Crippen molar-refractivity contribution in [2.45, 2.75) is 39.2 Å². The molecular formula is C15H20ClN3O. The Balaban J connectivity index is 2.05. The van der Waals surface area contributed by atoms with E-state index < -0.39 is 0 Å². The summed E-state index contributed by atoms with van der Waals surface area (Å²) in [7, 11) is 0. The van der Waals surface area contributed by atoms with E-state index in [0.29, 0.717) is 22.8 Å². The van der Waals surface area contributed by atoms with Gasteiger partial charge in [0.1, 0.15) is 0 Å². The van der Waals surface area contributed by atoms with E-state index in [1.54, 1.807) is 0 Å². The lowest BCUT2D eigenvalue weighted by molar-refractivity contribution is 0.354. The summed E-state index contributed by atoms with van der Waals surface area (Å²) < 4.78 is 5.33. The van der Waals surface area contributed by atoms with Crippen LogP contribution < -0.4 is 5.32 Å². The van der Waals surface area contributed by atoms with Gasteiger partial charge in [0.2, 0.25) is 11.7 Å². The largest absolute Gasteiger partial charge is 0.339 e. The monoisotopic (exact) mass is 293 g/mol. The molecule has 1 aromatic heterocycles. The van der Waals surface area contributed by atoms with Gasteiger partial charge >= 0.3 is 0 Å². The van der Waals surface area contributed by atoms with Crippen LogP contribution in [0.4, 0.5) is 0 Å². The van der Waals surface area contributed by atoms with Crippen molar-refractivity contribution in [1.29, 1.82) is 0 Å². The molecule has 1 heterocycles. The van der Waals surface area contributed by atoms with Gasteiger partial charge in [0.25, 0.3) is 0 Å². The number of aromatic nitrogens is 2. The van der Waals surface area contributed by atoms with Gasteiger partial charge in [-0.05, 0) is 31.5 Å². The third-order valence-corrected chi connectivity index (χ3v) is 3.38. The van der Waals surface area contributed by atoms with E-state index in [1.165, 1.54) is 0 Å². The first kappa shape index (κ1) is 15.0. The minimum absolute atomic E-state index is 0.377. The molecular weight excluding hydrogens is 274 g/mol. The molecule has 0 aliphatic carbocycles. The molecule has 1 N–H and O–H groups in total. The standard InChI is InChI=1S/C15H20ClN3O/c1-3-8-17-13(4-2)10-14-18-15(19-20-14)11-6-5-7-12(16)9-11/h5-7,9,13,17H,3-4,8,10H2,1-2H3. The second-order valence-corrected chi connectivity index (χ2v) is 5.22. The molecule has 20 heavy (non-hydrogen) atoms. The summed E-state index contributed by atoms with van der Waals surface area (Å²) in [6.45, 7) is 5.32. The van der Waals surface area contributed by atoms with Crippen LogP contribution in [-0.4, -0.2) is 22.7 Å². The summed E-state index contributed by atoms with van der Waals surface area (Å²) in [6.07, 6.45) is 2.91. The third kappa shape index (κ3) is 4.05. The quantitative estimate of drug-likeness (QED) is 0.845. The van der Waals surface area contributed by atoms with Crippen molar-refractivity contribution in [2.24, 2.45) is 0 Å². The molecule has 0 amide bonds. The predicted molar refractivity (Wildman–Crippen MR) is 80.8 cm³/mol. The van der Waals surface area contributed by atoms with Crippen LogP contribution in [0.1, 0.15) is 32.6 Å². The lowest BCUT2D eigenvalue weighted by atomic mass is 10.1. The Morgan fingerprint density at radius 2 is 2.20 bits per heavy atom. The van der Waals surface area contributed by atoms with E-state index in [1.807, 2.05) is 24.3 Å². The van der Waals surface area contributed by atoms with Gasteiger partial charge in [-0.3, -0.25) is 0 Å². The SMILES string of the molecule is CCCNC(CC)Cc1nc(-c2cccc(Cl)c2)no1. The fourth-order valence-electron chi connectivity index (χ4n) is 2.00. The summed E-state index contributed by atoms with van der Waals surface area (Å²) in [6, 6.07) is 7.84. The number of nitrogens with one attached hydrogen (secondary N) is 1. The molecule has 0 radical (unpaired) electrons. The van der Waals surface area contributed by atoms with Crippen LogP contribution in [0.5, 0.6) is 0 Å². The normalized spacial score (nSPS) is 12.6. The molecule has 0 bridgehead atoms. The summed E-state index contributed by atoms with van der Waals surface area (Å²) >= 11 is 5.97. The third-order valence-electron chi connectivity index (χ3n) is 3.15. The number of rotatable bonds is 7. The molecule has 1 atom stereocenters. The minimum Gasteiger partial charge on any atom is -0.339 e. The number of benzene rings is 1. The van der Waals surface area contributed by atoms with E-state index in [9.17, 15) is 0 Å². The smallest absolute Gasteiger partial charge is 0.228 e. The topological polar surface area (TPSA) is 51.0 Å². The summed E-state index contributed by atoms with van der Waals surface area (Å²) in [4.78, 5) is 4.44. The minimum atomic E-state index is 0.377. The Bertz CT molecular complexity index is 541. The van der Waals surface area contributed by atoms with Gasteiger partial charge in [-0.25, -0.2) is 0 Å². The van der Waals surface area contributed by atoms with Crippen LogP contribution >= 0.6 is 11.6 Å². The Morgan fingerprint density at radius 1 is 1.35 bits per heavy atom. The van der Waals surface area contributed by atoms with E-state index in [0.717, 1.165) is 31.4 Å². The number of hydrogen-bond acceptors (Lipinski definition) is 4. The van der Waals surface area contributed by atoms with E-state index in [2.05, 4.69) is 29.3 Å². The van der Waals surface area contributed by atoms with Gasteiger partial charge in [0, 0.05) is 23.0 Å². The molecule has 2 aromatic rings. The first-order chi connectivity index (χ1) is 9.72. The highest BCUT2D eigenvalue weighted by Gasteiger charge is 2.13. The molecule has 0 spiro atoms. The molecule has 0 saturated carbocycles. The van der Waals surface area contributed by atoms with Crippen LogP contribution in [-0.2, 0) is 6.42 Å². The molecule has 1 aromatic carbocycles. The Morgan fingerprint density at radius 3 is 2.90 bits per heavy atom. The van der Waals surface area contributed by atoms with Gasteiger partial charge in [0.15, 0.2) is 0 Å². The maximum absolute atomic E-state index is 5.97. The zero-order chi connectivity index (χ0) is 14.4. The molecule has 0 aliphatic rings. The molecule has 5 heteroatoms. The number of nitrogens with zero attached hydrogens (tertiary/aromatic N) is 2. The van der Waals surface area contributed by atoms with Crippen molar-refractivity contribution in [3.63, 3.8) is 0 Å². The highest BCUT2D eigenvalue weighted by molar-refractivity contribution is 6.30. The second kappa shape index (κ2) is 7.41. The highest BCUT2D eigenvalue weighted by atomic mass is 35.5. The summed E-state index contributed by atoms with van der Waals surface area (Å²) in [5.74, 6) is 1.25. The molecule has 1 unspecified atom stereocenters. The van der Waals surface area contributed by atoms with Gasteiger partial charge in [-0.1, -0.05) is 42.7 Å². The van der Waals surface area contributed by atoms with Crippen LogP contribution in [0.2, 0.25) is 5.02 Å². The van der Waals surface area contributed by atoms with Crippen molar-refractivity contribution in [1.82, 2.24) is 15.5 Å². The zero-order valence-electron chi connectivity index (χ0n) is 11.9. The van der Waals surface area contributed by atoms with E-state index in [4.69, 9.17) is 16.1 Å². The fraction of sp³-hybridized carbons (Fsp3) is 0.467. The highest BCUT2D eigenvalue weighted by Crippen LogP contribution is 2.20. The van der Waals surface area contributed by atoms with E-state index in [-0.39, 0.29) is 0 Å². The van der Waals surface area contributed by atoms with Gasteiger partial charge < -0.3 is 9.84 Å². The predicted octanol–water partition coefficient (Wildman–Crippen LogP) is 3.71. The van der Waals surface area contributed by atoms with Crippen molar-refractivity contribution >= 4 is 11.6 Å². The lowest BCUT2D eigenvalue weighted by Gasteiger charge is -2.13. The maximum Gasteiger partial charge on any atom is 0.228 e. The van der Waals surface area contributed by atoms with Gasteiger partial charge in [-0.15, -0.1) is 0 Å². The van der Waals surface area contributed by atoms with Crippen molar-refractivity contribution in [2.75, 3.05) is 6.54 Å². The molecule has 0 aliphatic heterocycles. The first-order valence-electron chi connectivity index (χ1n) is 7.04. The Hall–Kier alpha value is -1.39. The molecule has 108 valence electrons. The average molecular weight is 294 g/mol. The van der Waals surface area contributed by atoms with Crippen LogP contribution in [0, 0.1) is 0 Å². The summed E-state index contributed by atoms with van der Waals surface area (Å²) in [5, 5.41) is 8.17. The van der Waals surface area contributed by atoms with Gasteiger partial charge in [-0.2, -0.15) is 4.98 Å². The fourth-order valence-corrected chi connectivity index (χ4v) is 2.19. The summed E-state index contributed by atoms with van der Waals surface area (Å²) in [5.41, 5.74) is 0.877. The van der Waals surface area contributed by atoms with Crippen LogP contribution in [0.15, 0.2) is 28.8 Å². The molecule has 0 fully saturated rings. The van der Waals surface area contributed by atoms with E-state index >= 15 is 0 Å². The first-order valence-corrected chi connectivity index (χ1v) is 7.42. The molecule has 2 rings (SSSR count). The number of halogens is 1. The van der Waals surface area contributed by atoms with Crippen molar-refractivity contribution < 1.29 is 4.52 Å². The lowest BCUT2D eigenvalue weighted by Crippen LogP contribution is -2.31. The molecule has 4 nitrogen and oxygen atoms in total. The van der Waals surface area contributed by atoms with Crippen LogP contribution in [0.3, 0.4) is 0 Å². The molecule has 0 saturated heterocycles. The van der Waals surface area contributed by atoms with Crippen molar-refractivity contribution in [3.8, 4) is 11.4 Å². The van der Waals surface area contributed by atoms with Gasteiger partial charge in [0.05, 0.1) is 0 Å².